The highest BCUT2D eigenvalue weighted by Gasteiger charge is 2.31. The lowest BCUT2D eigenvalue weighted by Crippen LogP contribution is -2.35. The van der Waals surface area contributed by atoms with Gasteiger partial charge in [-0.15, -0.1) is 0 Å². The van der Waals surface area contributed by atoms with Crippen LogP contribution >= 0.6 is 0 Å². The van der Waals surface area contributed by atoms with Crippen LogP contribution in [0.15, 0.2) is 42.5 Å². The first-order valence-corrected chi connectivity index (χ1v) is 7.54. The van der Waals surface area contributed by atoms with Crippen molar-refractivity contribution in [3.8, 4) is 5.75 Å². The quantitative estimate of drug-likeness (QED) is 0.781. The molecule has 0 heterocycles. The van der Waals surface area contributed by atoms with E-state index in [0.29, 0.717) is 18.7 Å². The number of hydrogen-bond donors (Lipinski definition) is 0. The second kappa shape index (κ2) is 7.04. The second-order valence-electron chi connectivity index (χ2n) is 5.77. The molecular weight excluding hydrogens is 305 g/mol. The van der Waals surface area contributed by atoms with Gasteiger partial charge in [0.2, 0.25) is 0 Å². The van der Waals surface area contributed by atoms with Crippen molar-refractivity contribution in [2.24, 2.45) is 5.92 Å². The zero-order valence-corrected chi connectivity index (χ0v) is 12.5. The van der Waals surface area contributed by atoms with E-state index in [1.54, 1.807) is 0 Å². The topological polar surface area (TPSA) is 18.5 Å². The minimum Gasteiger partial charge on any atom is -0.487 e. The maximum Gasteiger partial charge on any atom is 0.190 e. The van der Waals surface area contributed by atoms with Gasteiger partial charge >= 0.3 is 0 Å². The molecule has 0 N–H and O–H groups in total. The standard InChI is InChI=1S/C18H17F3O2/c19-14-8-16(20)18(17(21)9-14)23-11-13-6-15(7-13)22-10-12-4-2-1-3-5-12/h1-5,8-9,13,15H,6-7,10-11H2/t13-,15+. The highest BCUT2D eigenvalue weighted by Crippen LogP contribution is 2.32. The first-order valence-electron chi connectivity index (χ1n) is 7.54. The summed E-state index contributed by atoms with van der Waals surface area (Å²) >= 11 is 0. The molecule has 2 nitrogen and oxygen atoms in total. The number of hydrogen-bond acceptors (Lipinski definition) is 2. The summed E-state index contributed by atoms with van der Waals surface area (Å²) in [6.45, 7) is 0.755. The molecule has 0 aliphatic heterocycles. The molecule has 0 atom stereocenters. The van der Waals surface area contributed by atoms with Crippen LogP contribution in [0.1, 0.15) is 18.4 Å². The average Bonchev–Trinajstić information content (AvgIpc) is 2.48. The SMILES string of the molecule is Fc1cc(F)c(OC[C@H]2C[C@@H](OCc3ccccc3)C2)c(F)c1. The first kappa shape index (κ1) is 15.9. The fourth-order valence-electron chi connectivity index (χ4n) is 2.60. The third-order valence-corrected chi connectivity index (χ3v) is 3.95. The zero-order chi connectivity index (χ0) is 16.2. The fraction of sp³-hybridized carbons (Fsp3) is 0.333. The molecule has 0 bridgehead atoms. The van der Waals surface area contributed by atoms with Crippen molar-refractivity contribution in [1.82, 2.24) is 0 Å². The molecule has 1 saturated carbocycles. The van der Waals surface area contributed by atoms with Crippen LogP contribution in [-0.4, -0.2) is 12.7 Å². The highest BCUT2D eigenvalue weighted by molar-refractivity contribution is 5.27. The van der Waals surface area contributed by atoms with Gasteiger partial charge in [-0.3, -0.25) is 0 Å². The molecule has 5 heteroatoms. The van der Waals surface area contributed by atoms with E-state index in [1.165, 1.54) is 0 Å². The van der Waals surface area contributed by atoms with E-state index in [-0.39, 0.29) is 18.6 Å². The molecule has 0 radical (unpaired) electrons. The maximum atomic E-state index is 13.4. The normalized spacial score (nSPS) is 20.1. The molecule has 0 amide bonds. The van der Waals surface area contributed by atoms with Crippen LogP contribution in [0.25, 0.3) is 0 Å². The van der Waals surface area contributed by atoms with Crippen LogP contribution in [0, 0.1) is 23.4 Å². The largest absolute Gasteiger partial charge is 0.487 e. The third-order valence-electron chi connectivity index (χ3n) is 3.95. The molecule has 1 fully saturated rings. The Morgan fingerprint density at radius 1 is 0.957 bits per heavy atom. The van der Waals surface area contributed by atoms with Gasteiger partial charge in [0.05, 0.1) is 19.3 Å². The Hall–Kier alpha value is -2.01. The van der Waals surface area contributed by atoms with Gasteiger partial charge in [-0.25, -0.2) is 13.2 Å². The number of ether oxygens (including phenoxy) is 2. The maximum absolute atomic E-state index is 13.4. The van der Waals surface area contributed by atoms with Crippen LogP contribution in [0.5, 0.6) is 5.75 Å². The number of halogens is 3. The summed E-state index contributed by atoms with van der Waals surface area (Å²) in [5.41, 5.74) is 1.11. The van der Waals surface area contributed by atoms with Crippen LogP contribution in [0.4, 0.5) is 13.2 Å². The second-order valence-corrected chi connectivity index (χ2v) is 5.77. The van der Waals surface area contributed by atoms with E-state index < -0.39 is 23.2 Å². The van der Waals surface area contributed by atoms with Crippen molar-refractivity contribution in [3.63, 3.8) is 0 Å². The third kappa shape index (κ3) is 4.05. The van der Waals surface area contributed by atoms with Crippen molar-refractivity contribution >= 4 is 0 Å². The zero-order valence-electron chi connectivity index (χ0n) is 12.5. The average molecular weight is 322 g/mol. The lowest BCUT2D eigenvalue weighted by molar-refractivity contribution is -0.0510. The molecule has 1 aliphatic carbocycles. The molecule has 122 valence electrons. The Morgan fingerprint density at radius 3 is 2.26 bits per heavy atom. The lowest BCUT2D eigenvalue weighted by atomic mass is 9.83. The van der Waals surface area contributed by atoms with Crippen LogP contribution in [-0.2, 0) is 11.3 Å². The van der Waals surface area contributed by atoms with Gasteiger partial charge in [-0.2, -0.15) is 0 Å². The van der Waals surface area contributed by atoms with E-state index in [2.05, 4.69) is 0 Å². The Labute approximate surface area is 132 Å². The fourth-order valence-corrected chi connectivity index (χ4v) is 2.60. The van der Waals surface area contributed by atoms with Crippen LogP contribution in [0.3, 0.4) is 0 Å². The van der Waals surface area contributed by atoms with E-state index >= 15 is 0 Å². The van der Waals surface area contributed by atoms with Crippen molar-refractivity contribution in [2.45, 2.75) is 25.6 Å². The molecular formula is C18H17F3O2. The highest BCUT2D eigenvalue weighted by atomic mass is 19.1. The monoisotopic (exact) mass is 322 g/mol. The van der Waals surface area contributed by atoms with E-state index in [1.807, 2.05) is 30.3 Å². The smallest absolute Gasteiger partial charge is 0.190 e. The van der Waals surface area contributed by atoms with E-state index in [9.17, 15) is 13.2 Å². The van der Waals surface area contributed by atoms with E-state index in [0.717, 1.165) is 18.4 Å². The van der Waals surface area contributed by atoms with Gasteiger partial charge in [-0.05, 0) is 24.3 Å². The van der Waals surface area contributed by atoms with Crippen molar-refractivity contribution in [3.05, 3.63) is 65.5 Å². The number of rotatable bonds is 6. The Morgan fingerprint density at radius 2 is 1.61 bits per heavy atom. The number of benzene rings is 2. The first-order chi connectivity index (χ1) is 11.1. The predicted octanol–water partition coefficient (Wildman–Crippen LogP) is 4.48. The minimum absolute atomic E-state index is 0.145. The predicted molar refractivity (Wildman–Crippen MR) is 79.6 cm³/mol. The minimum atomic E-state index is -1.02. The van der Waals surface area contributed by atoms with Gasteiger partial charge in [0.1, 0.15) is 5.82 Å². The summed E-state index contributed by atoms with van der Waals surface area (Å²) in [6, 6.07) is 11.1. The Balaban J connectivity index is 1.41. The molecule has 0 saturated heterocycles. The summed E-state index contributed by atoms with van der Waals surface area (Å²) in [5.74, 6) is -3.30. The summed E-state index contributed by atoms with van der Waals surface area (Å²) in [6.07, 6.45) is 1.72. The molecule has 0 spiro atoms. The molecule has 0 aromatic heterocycles. The summed E-state index contributed by atoms with van der Waals surface area (Å²) in [7, 11) is 0. The van der Waals surface area contributed by atoms with Gasteiger partial charge in [0.25, 0.3) is 0 Å². The molecule has 1 aliphatic rings. The summed E-state index contributed by atoms with van der Waals surface area (Å²) < 4.78 is 50.6. The molecule has 0 unspecified atom stereocenters. The summed E-state index contributed by atoms with van der Waals surface area (Å²) in [5, 5.41) is 0. The van der Waals surface area contributed by atoms with Crippen molar-refractivity contribution in [2.75, 3.05) is 6.61 Å². The Kier molecular flexibility index (Phi) is 4.86. The molecule has 2 aromatic rings. The molecule has 3 rings (SSSR count). The van der Waals surface area contributed by atoms with Gasteiger partial charge in [0.15, 0.2) is 17.4 Å². The van der Waals surface area contributed by atoms with Gasteiger partial charge in [-0.1, -0.05) is 30.3 Å². The molecule has 2 aromatic carbocycles. The van der Waals surface area contributed by atoms with Gasteiger partial charge in [0, 0.05) is 12.1 Å². The van der Waals surface area contributed by atoms with E-state index in [4.69, 9.17) is 9.47 Å². The lowest BCUT2D eigenvalue weighted by Gasteiger charge is -2.34. The summed E-state index contributed by atoms with van der Waals surface area (Å²) in [4.78, 5) is 0. The Bertz CT molecular complexity index is 632. The molecule has 23 heavy (non-hydrogen) atoms. The van der Waals surface area contributed by atoms with Crippen LogP contribution < -0.4 is 4.74 Å². The van der Waals surface area contributed by atoms with Crippen molar-refractivity contribution in [1.29, 1.82) is 0 Å². The van der Waals surface area contributed by atoms with Crippen molar-refractivity contribution < 1.29 is 22.6 Å². The van der Waals surface area contributed by atoms with Gasteiger partial charge < -0.3 is 9.47 Å². The van der Waals surface area contributed by atoms with Crippen LogP contribution in [0.2, 0.25) is 0 Å².